The maximum atomic E-state index is 12.3. The van der Waals surface area contributed by atoms with Gasteiger partial charge in [-0.1, -0.05) is 49.7 Å². The van der Waals surface area contributed by atoms with Crippen molar-refractivity contribution in [1.29, 1.82) is 0 Å². The van der Waals surface area contributed by atoms with E-state index in [0.717, 1.165) is 18.5 Å². The average molecular weight is 370 g/mol. The quantitative estimate of drug-likeness (QED) is 0.619. The van der Waals surface area contributed by atoms with Crippen molar-refractivity contribution in [3.8, 4) is 0 Å². The van der Waals surface area contributed by atoms with Crippen LogP contribution in [0.25, 0.3) is 0 Å². The first-order valence-electron chi connectivity index (χ1n) is 9.66. The van der Waals surface area contributed by atoms with E-state index in [9.17, 15) is 4.79 Å². The van der Waals surface area contributed by atoms with E-state index in [2.05, 4.69) is 43.4 Å². The summed E-state index contributed by atoms with van der Waals surface area (Å²) in [5.41, 5.74) is 3.68. The van der Waals surface area contributed by atoms with Crippen LogP contribution in [0.2, 0.25) is 5.02 Å². The lowest BCUT2D eigenvalue weighted by Gasteiger charge is -2.28. The summed E-state index contributed by atoms with van der Waals surface area (Å²) in [5.74, 6) is 1.83. The summed E-state index contributed by atoms with van der Waals surface area (Å²) in [6, 6.07) is 16.4. The van der Waals surface area contributed by atoms with Crippen molar-refractivity contribution in [3.63, 3.8) is 0 Å². The molecule has 0 heterocycles. The Morgan fingerprint density at radius 3 is 2.19 bits per heavy atom. The van der Waals surface area contributed by atoms with Gasteiger partial charge in [-0.05, 0) is 78.8 Å². The minimum absolute atomic E-state index is 0.108. The van der Waals surface area contributed by atoms with Gasteiger partial charge in [0.05, 0.1) is 0 Å². The Morgan fingerprint density at radius 2 is 1.62 bits per heavy atom. The zero-order chi connectivity index (χ0) is 18.5. The molecule has 3 heteroatoms. The van der Waals surface area contributed by atoms with Gasteiger partial charge in [-0.25, -0.2) is 0 Å². The minimum Gasteiger partial charge on any atom is -0.326 e. The standard InChI is InChI=1S/C23H28ClNO/c1-16(2)18-7-9-20(10-8-18)19-5-3-17(4-6-19)15-23(26)25-22-13-11-21(24)12-14-22/h7-14,16-17,19H,3-6,15H2,1-2H3,(H,25,26). The summed E-state index contributed by atoms with van der Waals surface area (Å²) in [4.78, 5) is 12.3. The number of hydrogen-bond acceptors (Lipinski definition) is 1. The van der Waals surface area contributed by atoms with Crippen molar-refractivity contribution in [2.45, 2.75) is 57.8 Å². The summed E-state index contributed by atoms with van der Waals surface area (Å²) >= 11 is 5.88. The highest BCUT2D eigenvalue weighted by Gasteiger charge is 2.24. The van der Waals surface area contributed by atoms with Gasteiger partial charge in [-0.2, -0.15) is 0 Å². The topological polar surface area (TPSA) is 29.1 Å². The molecule has 0 atom stereocenters. The third-order valence-corrected chi connectivity index (χ3v) is 5.78. The molecule has 1 N–H and O–H groups in total. The van der Waals surface area contributed by atoms with Crippen molar-refractivity contribution in [3.05, 3.63) is 64.7 Å². The van der Waals surface area contributed by atoms with E-state index in [1.165, 1.54) is 24.0 Å². The molecule has 1 aliphatic carbocycles. The summed E-state index contributed by atoms with van der Waals surface area (Å²) in [6.07, 6.45) is 5.23. The van der Waals surface area contributed by atoms with Gasteiger partial charge in [0.1, 0.15) is 0 Å². The molecule has 0 bridgehead atoms. The maximum absolute atomic E-state index is 12.3. The first-order chi connectivity index (χ1) is 12.5. The van der Waals surface area contributed by atoms with E-state index in [0.29, 0.717) is 29.2 Å². The molecule has 3 rings (SSSR count). The van der Waals surface area contributed by atoms with Crippen LogP contribution in [0.5, 0.6) is 0 Å². The lowest BCUT2D eigenvalue weighted by molar-refractivity contribution is -0.117. The Balaban J connectivity index is 1.47. The van der Waals surface area contributed by atoms with E-state index in [1.807, 2.05) is 12.1 Å². The molecule has 2 nitrogen and oxygen atoms in total. The molecular weight excluding hydrogens is 342 g/mol. The Hall–Kier alpha value is -1.80. The molecule has 1 fully saturated rings. The van der Waals surface area contributed by atoms with Crippen LogP contribution in [-0.4, -0.2) is 5.91 Å². The number of carbonyl (C=O) groups excluding carboxylic acids is 1. The van der Waals surface area contributed by atoms with Crippen molar-refractivity contribution >= 4 is 23.2 Å². The fourth-order valence-corrected chi connectivity index (χ4v) is 3.99. The highest BCUT2D eigenvalue weighted by molar-refractivity contribution is 6.30. The van der Waals surface area contributed by atoms with Crippen molar-refractivity contribution in [2.75, 3.05) is 5.32 Å². The van der Waals surface area contributed by atoms with E-state index in [1.54, 1.807) is 12.1 Å². The molecule has 26 heavy (non-hydrogen) atoms. The van der Waals surface area contributed by atoms with E-state index >= 15 is 0 Å². The van der Waals surface area contributed by atoms with E-state index in [4.69, 9.17) is 11.6 Å². The second-order valence-electron chi connectivity index (χ2n) is 7.80. The Morgan fingerprint density at radius 1 is 1.00 bits per heavy atom. The van der Waals surface area contributed by atoms with Gasteiger partial charge in [0.15, 0.2) is 0 Å². The fraction of sp³-hybridized carbons (Fsp3) is 0.435. The van der Waals surface area contributed by atoms with Crippen LogP contribution in [0.4, 0.5) is 5.69 Å². The Labute approximate surface area is 162 Å². The van der Waals surface area contributed by atoms with Crippen LogP contribution in [0.1, 0.15) is 68.9 Å². The summed E-state index contributed by atoms with van der Waals surface area (Å²) in [7, 11) is 0. The van der Waals surface area contributed by atoms with Crippen molar-refractivity contribution in [2.24, 2.45) is 5.92 Å². The zero-order valence-electron chi connectivity index (χ0n) is 15.7. The predicted molar refractivity (Wildman–Crippen MR) is 110 cm³/mol. The number of halogens is 1. The van der Waals surface area contributed by atoms with Crippen LogP contribution in [0.15, 0.2) is 48.5 Å². The van der Waals surface area contributed by atoms with Crippen LogP contribution in [0, 0.1) is 5.92 Å². The second kappa shape index (κ2) is 8.73. The highest BCUT2D eigenvalue weighted by atomic mass is 35.5. The molecule has 1 saturated carbocycles. The van der Waals surface area contributed by atoms with Gasteiger partial charge < -0.3 is 5.32 Å². The lowest BCUT2D eigenvalue weighted by Crippen LogP contribution is -2.20. The van der Waals surface area contributed by atoms with E-state index < -0.39 is 0 Å². The molecule has 0 unspecified atom stereocenters. The number of amides is 1. The molecule has 0 saturated heterocycles. The summed E-state index contributed by atoms with van der Waals surface area (Å²) < 4.78 is 0. The normalized spacial score (nSPS) is 20.2. The van der Waals surface area contributed by atoms with Gasteiger partial charge in [0.25, 0.3) is 0 Å². The largest absolute Gasteiger partial charge is 0.326 e. The minimum atomic E-state index is 0.108. The fourth-order valence-electron chi connectivity index (χ4n) is 3.86. The van der Waals surface area contributed by atoms with Crippen LogP contribution < -0.4 is 5.32 Å². The SMILES string of the molecule is CC(C)c1ccc(C2CCC(CC(=O)Nc3ccc(Cl)cc3)CC2)cc1. The molecule has 138 valence electrons. The third kappa shape index (κ3) is 5.11. The average Bonchev–Trinajstić information content (AvgIpc) is 2.64. The molecule has 0 aromatic heterocycles. The predicted octanol–water partition coefficient (Wildman–Crippen LogP) is 6.77. The van der Waals surface area contributed by atoms with Crippen LogP contribution >= 0.6 is 11.6 Å². The second-order valence-corrected chi connectivity index (χ2v) is 8.23. The number of benzene rings is 2. The first kappa shape index (κ1) is 19.0. The Bertz CT molecular complexity index is 713. The molecule has 0 radical (unpaired) electrons. The number of nitrogens with one attached hydrogen (secondary N) is 1. The van der Waals surface area contributed by atoms with E-state index in [-0.39, 0.29) is 5.91 Å². The summed E-state index contributed by atoms with van der Waals surface area (Å²) in [6.45, 7) is 4.46. The van der Waals surface area contributed by atoms with Gasteiger partial charge in [0, 0.05) is 17.1 Å². The van der Waals surface area contributed by atoms with Crippen LogP contribution in [-0.2, 0) is 4.79 Å². The Kier molecular flexibility index (Phi) is 6.37. The number of carbonyl (C=O) groups is 1. The molecule has 1 aliphatic rings. The number of anilines is 1. The number of rotatable bonds is 5. The molecule has 0 spiro atoms. The lowest BCUT2D eigenvalue weighted by atomic mass is 9.77. The first-order valence-corrected chi connectivity index (χ1v) is 10.0. The molecule has 1 amide bonds. The number of hydrogen-bond donors (Lipinski definition) is 1. The van der Waals surface area contributed by atoms with Crippen molar-refractivity contribution < 1.29 is 4.79 Å². The maximum Gasteiger partial charge on any atom is 0.224 e. The molecule has 2 aromatic carbocycles. The van der Waals surface area contributed by atoms with Gasteiger partial charge in [-0.3, -0.25) is 4.79 Å². The molecule has 2 aromatic rings. The summed E-state index contributed by atoms with van der Waals surface area (Å²) in [5, 5.41) is 3.66. The molecule has 0 aliphatic heterocycles. The third-order valence-electron chi connectivity index (χ3n) is 5.52. The van der Waals surface area contributed by atoms with Gasteiger partial charge in [-0.15, -0.1) is 0 Å². The monoisotopic (exact) mass is 369 g/mol. The van der Waals surface area contributed by atoms with Crippen LogP contribution in [0.3, 0.4) is 0 Å². The molecular formula is C23H28ClNO. The zero-order valence-corrected chi connectivity index (χ0v) is 16.4. The van der Waals surface area contributed by atoms with Gasteiger partial charge >= 0.3 is 0 Å². The van der Waals surface area contributed by atoms with Crippen molar-refractivity contribution in [1.82, 2.24) is 0 Å². The van der Waals surface area contributed by atoms with Gasteiger partial charge in [0.2, 0.25) is 5.91 Å². The highest BCUT2D eigenvalue weighted by Crippen LogP contribution is 2.37. The smallest absolute Gasteiger partial charge is 0.224 e.